The minimum atomic E-state index is -2.72. The van der Waals surface area contributed by atoms with E-state index >= 15 is 0 Å². The first-order valence-corrected chi connectivity index (χ1v) is 10.5. The highest BCUT2D eigenvalue weighted by Gasteiger charge is 2.43. The molecule has 122 valence electrons. The zero-order valence-electron chi connectivity index (χ0n) is 13.5. The van der Waals surface area contributed by atoms with Crippen LogP contribution < -0.4 is 0 Å². The van der Waals surface area contributed by atoms with Gasteiger partial charge in [-0.3, -0.25) is 0 Å². The molecule has 1 aliphatic heterocycles. The van der Waals surface area contributed by atoms with Gasteiger partial charge in [-0.15, -0.1) is 0 Å². The summed E-state index contributed by atoms with van der Waals surface area (Å²) in [6.07, 6.45) is 6.18. The molecule has 0 radical (unpaired) electrons. The van der Waals surface area contributed by atoms with Gasteiger partial charge in [-0.1, -0.05) is 23.9 Å². The zero-order valence-corrected chi connectivity index (χ0v) is 15.2. The van der Waals surface area contributed by atoms with Crippen molar-refractivity contribution in [1.29, 1.82) is 0 Å². The number of thioether (sulfide) groups is 1. The van der Waals surface area contributed by atoms with Crippen molar-refractivity contribution in [3.05, 3.63) is 52.0 Å². The quantitative estimate of drug-likeness (QED) is 0.471. The molecule has 1 unspecified atom stereocenters. The van der Waals surface area contributed by atoms with Crippen LogP contribution in [0.3, 0.4) is 0 Å². The maximum Gasteiger partial charge on any atom is 0.215 e. The topological polar surface area (TPSA) is 59.3 Å². The predicted molar refractivity (Wildman–Crippen MR) is 94.9 cm³/mol. The number of nitrogens with zero attached hydrogens (tertiary/aromatic N) is 3. The van der Waals surface area contributed by atoms with E-state index in [1.54, 1.807) is 12.9 Å². The molecule has 1 aliphatic carbocycles. The Labute approximate surface area is 140 Å². The molecular weight excluding hydrogens is 329 g/mol. The molecule has 5 nitrogen and oxygen atoms in total. The van der Waals surface area contributed by atoms with Crippen LogP contribution in [0, 0.1) is 5.21 Å². The number of aromatic nitrogens is 1. The second-order valence-corrected chi connectivity index (χ2v) is 9.84. The molecule has 3 rings (SSSR count). The number of rotatable bonds is 3. The van der Waals surface area contributed by atoms with Crippen molar-refractivity contribution in [2.75, 3.05) is 13.3 Å². The molecule has 0 N–H and O–H groups in total. The van der Waals surface area contributed by atoms with Crippen LogP contribution in [0.5, 0.6) is 0 Å². The number of hydrogen-bond donors (Lipinski definition) is 0. The van der Waals surface area contributed by atoms with Gasteiger partial charge in [0.2, 0.25) is 12.4 Å². The SMILES string of the molecule is CC(C)N1C[N+]([O-])=C2CC=C(Sc3ccccn3)C=C2P1(C)=O. The summed E-state index contributed by atoms with van der Waals surface area (Å²) in [6, 6.07) is 5.81. The number of pyridine rings is 1. The van der Waals surface area contributed by atoms with Gasteiger partial charge in [0.15, 0.2) is 7.29 Å². The molecular formula is C16H20N3O2PS. The summed E-state index contributed by atoms with van der Waals surface area (Å²) in [6.45, 7) is 5.88. The minimum Gasteiger partial charge on any atom is -0.623 e. The average molecular weight is 349 g/mol. The standard InChI is InChI=1S/C16H20N3O2PS/c1-12(2)19-11-18(20)14-8-7-13(10-15(14)22(19,3)21)23-16-6-4-5-9-17-16/h4-7,9-10,12H,8,11H2,1-3H3. The van der Waals surface area contributed by atoms with Crippen LogP contribution in [0.2, 0.25) is 0 Å². The van der Waals surface area contributed by atoms with Gasteiger partial charge in [0, 0.05) is 23.8 Å². The smallest absolute Gasteiger partial charge is 0.215 e. The van der Waals surface area contributed by atoms with Crippen LogP contribution in [0.4, 0.5) is 0 Å². The van der Waals surface area contributed by atoms with E-state index in [1.165, 1.54) is 11.8 Å². The third-order valence-electron chi connectivity index (χ3n) is 4.04. The highest BCUT2D eigenvalue weighted by atomic mass is 32.2. The van der Waals surface area contributed by atoms with Crippen molar-refractivity contribution >= 4 is 24.8 Å². The molecule has 1 aromatic rings. The minimum absolute atomic E-state index is 0.0579. The Hall–Kier alpha value is -1.36. The maximum atomic E-state index is 13.3. The van der Waals surface area contributed by atoms with E-state index in [0.717, 1.165) is 14.7 Å². The monoisotopic (exact) mass is 349 g/mol. The van der Waals surface area contributed by atoms with Gasteiger partial charge in [0.1, 0.15) is 5.03 Å². The van der Waals surface area contributed by atoms with E-state index in [0.29, 0.717) is 17.4 Å². The van der Waals surface area contributed by atoms with Crippen molar-refractivity contribution in [2.45, 2.75) is 31.3 Å². The van der Waals surface area contributed by atoms with E-state index in [4.69, 9.17) is 0 Å². The number of hydrogen-bond acceptors (Lipinski definition) is 4. The lowest BCUT2D eigenvalue weighted by atomic mass is 10.1. The molecule has 0 amide bonds. The molecule has 2 heterocycles. The first-order valence-electron chi connectivity index (χ1n) is 7.56. The summed E-state index contributed by atoms with van der Waals surface area (Å²) in [5.41, 5.74) is 0.637. The van der Waals surface area contributed by atoms with Gasteiger partial charge < -0.3 is 9.77 Å². The molecule has 0 aromatic carbocycles. The van der Waals surface area contributed by atoms with Gasteiger partial charge in [-0.25, -0.2) is 4.98 Å². The maximum absolute atomic E-state index is 13.3. The van der Waals surface area contributed by atoms with Crippen LogP contribution in [0.1, 0.15) is 20.3 Å². The summed E-state index contributed by atoms with van der Waals surface area (Å²) in [5.74, 6) is 0. The fourth-order valence-electron chi connectivity index (χ4n) is 2.85. The van der Waals surface area contributed by atoms with Crippen LogP contribution in [-0.4, -0.2) is 39.5 Å². The fourth-order valence-corrected chi connectivity index (χ4v) is 6.35. The highest BCUT2D eigenvalue weighted by Crippen LogP contribution is 2.58. The molecule has 1 aromatic heterocycles. The lowest BCUT2D eigenvalue weighted by Crippen LogP contribution is -2.41. The number of hydroxylamine groups is 1. The van der Waals surface area contributed by atoms with Gasteiger partial charge >= 0.3 is 0 Å². The van der Waals surface area contributed by atoms with Crippen LogP contribution in [0.15, 0.2) is 51.8 Å². The Bertz CT molecular complexity index is 756. The molecule has 1 atom stereocenters. The first-order chi connectivity index (χ1) is 10.9. The molecule has 0 bridgehead atoms. The molecule has 23 heavy (non-hydrogen) atoms. The van der Waals surface area contributed by atoms with Crippen molar-refractivity contribution in [3.63, 3.8) is 0 Å². The Kier molecular flexibility index (Phi) is 4.50. The largest absolute Gasteiger partial charge is 0.623 e. The highest BCUT2D eigenvalue weighted by molar-refractivity contribution is 8.03. The molecule has 2 aliphatic rings. The van der Waals surface area contributed by atoms with E-state index in [1.807, 2.05) is 48.9 Å². The fraction of sp³-hybridized carbons (Fsp3) is 0.375. The lowest BCUT2D eigenvalue weighted by molar-refractivity contribution is -0.479. The van der Waals surface area contributed by atoms with Crippen LogP contribution in [-0.2, 0) is 4.57 Å². The van der Waals surface area contributed by atoms with E-state index in [-0.39, 0.29) is 12.7 Å². The summed E-state index contributed by atoms with van der Waals surface area (Å²) in [4.78, 5) is 5.30. The molecule has 0 spiro atoms. The summed E-state index contributed by atoms with van der Waals surface area (Å²) < 4.78 is 16.1. The third kappa shape index (κ3) is 3.16. The lowest BCUT2D eigenvalue weighted by Gasteiger charge is -2.37. The van der Waals surface area contributed by atoms with Crippen LogP contribution >= 0.6 is 19.1 Å². The van der Waals surface area contributed by atoms with E-state index in [9.17, 15) is 9.77 Å². The average Bonchev–Trinajstić information content (AvgIpc) is 2.52. The van der Waals surface area contributed by atoms with Crippen molar-refractivity contribution in [2.24, 2.45) is 0 Å². The molecule has 0 saturated heterocycles. The summed E-state index contributed by atoms with van der Waals surface area (Å²) >= 11 is 1.53. The molecule has 7 heteroatoms. The molecule has 0 saturated carbocycles. The summed E-state index contributed by atoms with van der Waals surface area (Å²) in [7, 11) is -2.72. The summed E-state index contributed by atoms with van der Waals surface area (Å²) in [5, 5.41) is 13.9. The Morgan fingerprint density at radius 1 is 1.43 bits per heavy atom. The van der Waals surface area contributed by atoms with Gasteiger partial charge in [0.25, 0.3) is 0 Å². The predicted octanol–water partition coefficient (Wildman–Crippen LogP) is 3.89. The normalized spacial score (nSPS) is 25.2. The number of fused-ring (bicyclic) bond motifs is 1. The molecule has 0 fully saturated rings. The second-order valence-electron chi connectivity index (χ2n) is 5.99. The Morgan fingerprint density at radius 3 is 2.87 bits per heavy atom. The van der Waals surface area contributed by atoms with Gasteiger partial charge in [-0.05, 0) is 32.1 Å². The van der Waals surface area contributed by atoms with Crippen molar-refractivity contribution < 1.29 is 9.30 Å². The number of allylic oxidation sites excluding steroid dienone is 3. The Morgan fingerprint density at radius 2 is 2.22 bits per heavy atom. The van der Waals surface area contributed by atoms with Gasteiger partial charge in [-0.2, -0.15) is 9.41 Å². The second kappa shape index (κ2) is 6.27. The third-order valence-corrected chi connectivity index (χ3v) is 7.86. The van der Waals surface area contributed by atoms with Gasteiger partial charge in [0.05, 0.1) is 11.7 Å². The van der Waals surface area contributed by atoms with E-state index in [2.05, 4.69) is 4.98 Å². The Balaban J connectivity index is 1.96. The zero-order chi connectivity index (χ0) is 16.6. The van der Waals surface area contributed by atoms with Crippen molar-refractivity contribution in [3.8, 4) is 0 Å². The van der Waals surface area contributed by atoms with Crippen molar-refractivity contribution in [1.82, 2.24) is 9.65 Å². The first kappa shape index (κ1) is 16.5. The van der Waals surface area contributed by atoms with Crippen LogP contribution in [0.25, 0.3) is 0 Å². The van der Waals surface area contributed by atoms with E-state index < -0.39 is 7.29 Å².